The van der Waals surface area contributed by atoms with Crippen molar-refractivity contribution in [1.29, 1.82) is 0 Å². The van der Waals surface area contributed by atoms with Crippen molar-refractivity contribution in [3.63, 3.8) is 0 Å². The van der Waals surface area contributed by atoms with Gasteiger partial charge in [0.25, 0.3) is 0 Å². The number of anilines is 1. The number of carbonyl (C=O) groups excluding carboxylic acids is 1. The van der Waals surface area contributed by atoms with Crippen LogP contribution in [0.15, 0.2) is 42.7 Å². The molecule has 20 heavy (non-hydrogen) atoms. The SMILES string of the molecule is C[C@H](C(=O)Nc1ccc(C(F)(F)F)cc1)n1cccn1. The molecule has 4 nitrogen and oxygen atoms in total. The van der Waals surface area contributed by atoms with Crippen LogP contribution in [0.25, 0.3) is 0 Å². The smallest absolute Gasteiger partial charge is 0.324 e. The highest BCUT2D eigenvalue weighted by molar-refractivity contribution is 5.93. The molecule has 0 unspecified atom stereocenters. The Morgan fingerprint density at radius 3 is 2.45 bits per heavy atom. The van der Waals surface area contributed by atoms with E-state index >= 15 is 0 Å². The molecule has 1 atom stereocenters. The minimum Gasteiger partial charge on any atom is -0.324 e. The van der Waals surface area contributed by atoms with Gasteiger partial charge in [0, 0.05) is 18.1 Å². The quantitative estimate of drug-likeness (QED) is 0.940. The fourth-order valence-corrected chi connectivity index (χ4v) is 1.62. The summed E-state index contributed by atoms with van der Waals surface area (Å²) in [4.78, 5) is 11.9. The van der Waals surface area contributed by atoms with Crippen LogP contribution in [0.5, 0.6) is 0 Å². The largest absolute Gasteiger partial charge is 0.416 e. The number of rotatable bonds is 3. The third kappa shape index (κ3) is 3.17. The number of alkyl halides is 3. The minimum absolute atomic E-state index is 0.307. The maximum absolute atomic E-state index is 12.4. The van der Waals surface area contributed by atoms with Gasteiger partial charge in [0.05, 0.1) is 5.56 Å². The Hall–Kier alpha value is -2.31. The number of amides is 1. The number of nitrogens with one attached hydrogen (secondary N) is 1. The fourth-order valence-electron chi connectivity index (χ4n) is 1.62. The summed E-state index contributed by atoms with van der Waals surface area (Å²) >= 11 is 0. The molecule has 0 spiro atoms. The molecule has 2 aromatic rings. The van der Waals surface area contributed by atoms with Crippen molar-refractivity contribution in [2.24, 2.45) is 0 Å². The molecule has 106 valence electrons. The number of carbonyl (C=O) groups is 1. The van der Waals surface area contributed by atoms with E-state index < -0.39 is 17.8 Å². The van der Waals surface area contributed by atoms with Crippen molar-refractivity contribution < 1.29 is 18.0 Å². The summed E-state index contributed by atoms with van der Waals surface area (Å²) in [6.07, 6.45) is -1.20. The Bertz CT molecular complexity index is 576. The number of hydrogen-bond acceptors (Lipinski definition) is 2. The van der Waals surface area contributed by atoms with Gasteiger partial charge < -0.3 is 5.32 Å². The van der Waals surface area contributed by atoms with Crippen LogP contribution in [0.1, 0.15) is 18.5 Å². The van der Waals surface area contributed by atoms with Crippen molar-refractivity contribution in [2.45, 2.75) is 19.1 Å². The highest BCUT2D eigenvalue weighted by atomic mass is 19.4. The maximum Gasteiger partial charge on any atom is 0.416 e. The molecule has 1 heterocycles. The van der Waals surface area contributed by atoms with Crippen LogP contribution >= 0.6 is 0 Å². The van der Waals surface area contributed by atoms with Gasteiger partial charge in [-0.2, -0.15) is 18.3 Å². The van der Waals surface area contributed by atoms with Crippen molar-refractivity contribution in [2.75, 3.05) is 5.32 Å². The van der Waals surface area contributed by atoms with Gasteiger partial charge in [-0.15, -0.1) is 0 Å². The second kappa shape index (κ2) is 5.36. The third-order valence-corrected chi connectivity index (χ3v) is 2.78. The summed E-state index contributed by atoms with van der Waals surface area (Å²) in [5, 5.41) is 6.47. The summed E-state index contributed by atoms with van der Waals surface area (Å²) in [6, 6.07) is 5.42. The predicted octanol–water partition coefficient (Wildman–Crippen LogP) is 3.10. The number of hydrogen-bond donors (Lipinski definition) is 1. The Labute approximate surface area is 113 Å². The third-order valence-electron chi connectivity index (χ3n) is 2.78. The number of nitrogens with zero attached hydrogens (tertiary/aromatic N) is 2. The second-order valence-electron chi connectivity index (χ2n) is 4.23. The van der Waals surface area contributed by atoms with Gasteiger partial charge in [0.1, 0.15) is 6.04 Å². The molecule has 0 aliphatic heterocycles. The molecule has 1 amide bonds. The van der Waals surface area contributed by atoms with Gasteiger partial charge in [0.15, 0.2) is 0 Å². The molecule has 0 fully saturated rings. The maximum atomic E-state index is 12.4. The molecule has 0 radical (unpaired) electrons. The minimum atomic E-state index is -4.38. The van der Waals surface area contributed by atoms with E-state index in [2.05, 4.69) is 10.4 Å². The summed E-state index contributed by atoms with van der Waals surface area (Å²) in [5.41, 5.74) is -0.447. The highest BCUT2D eigenvalue weighted by Crippen LogP contribution is 2.29. The van der Waals surface area contributed by atoms with E-state index in [4.69, 9.17) is 0 Å². The van der Waals surface area contributed by atoms with Crippen molar-refractivity contribution in [3.05, 3.63) is 48.3 Å². The Balaban J connectivity index is 2.05. The molecule has 2 rings (SSSR count). The Kier molecular flexibility index (Phi) is 3.78. The van der Waals surface area contributed by atoms with Crippen molar-refractivity contribution in [3.8, 4) is 0 Å². The molecule has 7 heteroatoms. The zero-order valence-electron chi connectivity index (χ0n) is 10.6. The molecule has 0 bridgehead atoms. The van der Waals surface area contributed by atoms with Crippen LogP contribution < -0.4 is 5.32 Å². The molecule has 1 N–H and O–H groups in total. The molecular weight excluding hydrogens is 271 g/mol. The van der Waals surface area contributed by atoms with Crippen LogP contribution in [-0.2, 0) is 11.0 Å². The second-order valence-corrected chi connectivity index (χ2v) is 4.23. The Morgan fingerprint density at radius 1 is 1.30 bits per heavy atom. The molecule has 0 aliphatic rings. The average Bonchev–Trinajstić information content (AvgIpc) is 2.91. The first-order valence-corrected chi connectivity index (χ1v) is 5.85. The van der Waals surface area contributed by atoms with E-state index in [1.807, 2.05) is 0 Å². The molecule has 1 aromatic carbocycles. The molecule has 0 saturated heterocycles. The lowest BCUT2D eigenvalue weighted by molar-refractivity contribution is -0.137. The van der Waals surface area contributed by atoms with E-state index in [0.717, 1.165) is 12.1 Å². The van der Waals surface area contributed by atoms with E-state index in [0.29, 0.717) is 5.69 Å². The van der Waals surface area contributed by atoms with Gasteiger partial charge >= 0.3 is 6.18 Å². The highest BCUT2D eigenvalue weighted by Gasteiger charge is 2.30. The van der Waals surface area contributed by atoms with Crippen LogP contribution in [-0.4, -0.2) is 15.7 Å². The van der Waals surface area contributed by atoms with E-state index in [-0.39, 0.29) is 5.91 Å². The van der Waals surface area contributed by atoms with Gasteiger partial charge in [-0.1, -0.05) is 0 Å². The van der Waals surface area contributed by atoms with Gasteiger partial charge in [0.2, 0.25) is 5.91 Å². The topological polar surface area (TPSA) is 46.9 Å². The zero-order valence-corrected chi connectivity index (χ0v) is 10.6. The van der Waals surface area contributed by atoms with Crippen LogP contribution in [0.2, 0.25) is 0 Å². The van der Waals surface area contributed by atoms with E-state index in [9.17, 15) is 18.0 Å². The molecule has 0 aliphatic carbocycles. The van der Waals surface area contributed by atoms with E-state index in [1.54, 1.807) is 25.4 Å². The summed E-state index contributed by atoms with van der Waals surface area (Å²) in [6.45, 7) is 1.65. The molecule has 0 saturated carbocycles. The van der Waals surface area contributed by atoms with Gasteiger partial charge in [-0.25, -0.2) is 0 Å². The fraction of sp³-hybridized carbons (Fsp3) is 0.231. The van der Waals surface area contributed by atoms with Gasteiger partial charge in [-0.05, 0) is 37.3 Å². The molecular formula is C13H12F3N3O. The first kappa shape index (κ1) is 14.1. The Morgan fingerprint density at radius 2 is 1.95 bits per heavy atom. The van der Waals surface area contributed by atoms with Gasteiger partial charge in [-0.3, -0.25) is 9.48 Å². The summed E-state index contributed by atoms with van der Waals surface area (Å²) in [5.74, 6) is -0.353. The average molecular weight is 283 g/mol. The lowest BCUT2D eigenvalue weighted by Crippen LogP contribution is -2.24. The first-order valence-electron chi connectivity index (χ1n) is 5.85. The number of halogens is 3. The van der Waals surface area contributed by atoms with Crippen LogP contribution in [0, 0.1) is 0 Å². The molecule has 1 aromatic heterocycles. The van der Waals surface area contributed by atoms with Crippen molar-refractivity contribution >= 4 is 11.6 Å². The normalized spacial score (nSPS) is 13.0. The van der Waals surface area contributed by atoms with Crippen LogP contribution in [0.4, 0.5) is 18.9 Å². The summed E-state index contributed by atoms with van der Waals surface area (Å²) in [7, 11) is 0. The first-order chi connectivity index (χ1) is 9.38. The predicted molar refractivity (Wildman–Crippen MR) is 67.0 cm³/mol. The number of aromatic nitrogens is 2. The number of benzene rings is 1. The lowest BCUT2D eigenvalue weighted by atomic mass is 10.2. The standard InChI is InChI=1S/C13H12F3N3O/c1-9(19-8-2-7-17-19)12(20)18-11-5-3-10(4-6-11)13(14,15)16/h2-9H,1H3,(H,18,20)/t9-/m1/s1. The zero-order chi connectivity index (χ0) is 14.8. The monoisotopic (exact) mass is 283 g/mol. The van der Waals surface area contributed by atoms with E-state index in [1.165, 1.54) is 16.8 Å². The van der Waals surface area contributed by atoms with Crippen molar-refractivity contribution in [1.82, 2.24) is 9.78 Å². The lowest BCUT2D eigenvalue weighted by Gasteiger charge is -2.13. The van der Waals surface area contributed by atoms with Crippen LogP contribution in [0.3, 0.4) is 0 Å². The summed E-state index contributed by atoms with van der Waals surface area (Å²) < 4.78 is 38.6.